The summed E-state index contributed by atoms with van der Waals surface area (Å²) in [6, 6.07) is 0. The molecule has 0 bridgehead atoms. The molecule has 1 saturated carbocycles. The normalized spacial score (nSPS) is 31.8. The van der Waals surface area contributed by atoms with Crippen molar-refractivity contribution in [3.63, 3.8) is 0 Å². The number of hydrogen-bond acceptors (Lipinski definition) is 1. The summed E-state index contributed by atoms with van der Waals surface area (Å²) in [5.74, 6) is 1.91. The molecule has 0 saturated heterocycles. The van der Waals surface area contributed by atoms with Gasteiger partial charge in [0.05, 0.1) is 0 Å². The molecule has 0 aromatic heterocycles. The maximum absolute atomic E-state index is 4.24. The highest BCUT2D eigenvalue weighted by molar-refractivity contribution is 5.57. The minimum absolute atomic E-state index is 0.945. The molecule has 1 aliphatic rings. The Hall–Kier alpha value is -0.330. The average Bonchev–Trinajstić information content (AvgIpc) is 2.37. The lowest BCUT2D eigenvalue weighted by atomic mass is 10.0. The second kappa shape index (κ2) is 4.53. The van der Waals surface area contributed by atoms with E-state index in [0.29, 0.717) is 0 Å². The van der Waals surface area contributed by atoms with Crippen LogP contribution in [0.2, 0.25) is 0 Å². The highest BCUT2D eigenvalue weighted by Crippen LogP contribution is 2.31. The number of aliphatic imine (C=N–C) groups is 1. The number of hydrogen-bond donors (Lipinski definition) is 0. The van der Waals surface area contributed by atoms with Crippen molar-refractivity contribution in [1.29, 1.82) is 0 Å². The Labute approximate surface area is 69.9 Å². The minimum atomic E-state index is 0.945. The van der Waals surface area contributed by atoms with Gasteiger partial charge in [0.25, 0.3) is 0 Å². The lowest BCUT2D eigenvalue weighted by Gasteiger charge is -2.03. The van der Waals surface area contributed by atoms with Crippen molar-refractivity contribution in [2.24, 2.45) is 16.8 Å². The van der Waals surface area contributed by atoms with Gasteiger partial charge in [-0.15, -0.1) is 0 Å². The molecule has 2 unspecified atom stereocenters. The Bertz CT molecular complexity index is 129. The smallest absolute Gasteiger partial charge is 0.0357 e. The van der Waals surface area contributed by atoms with Crippen LogP contribution in [0.1, 0.15) is 39.5 Å². The van der Waals surface area contributed by atoms with Crippen molar-refractivity contribution in [3.05, 3.63) is 0 Å². The zero-order chi connectivity index (χ0) is 8.10. The number of nitrogens with zero attached hydrogens (tertiary/aromatic N) is 1. The van der Waals surface area contributed by atoms with Crippen molar-refractivity contribution in [2.45, 2.75) is 39.5 Å². The molecule has 11 heavy (non-hydrogen) atoms. The fourth-order valence-corrected chi connectivity index (χ4v) is 1.89. The van der Waals surface area contributed by atoms with E-state index < -0.39 is 0 Å². The fraction of sp³-hybridized carbons (Fsp3) is 0.900. The third-order valence-corrected chi connectivity index (χ3v) is 2.55. The monoisotopic (exact) mass is 153 g/mol. The molecule has 1 fully saturated rings. The van der Waals surface area contributed by atoms with E-state index in [1.807, 2.05) is 0 Å². The van der Waals surface area contributed by atoms with Crippen LogP contribution in [0.5, 0.6) is 0 Å². The van der Waals surface area contributed by atoms with Crippen molar-refractivity contribution in [3.8, 4) is 0 Å². The Morgan fingerprint density at radius 1 is 1.45 bits per heavy atom. The number of rotatable bonds is 3. The van der Waals surface area contributed by atoms with Crippen LogP contribution in [0.4, 0.5) is 0 Å². The first-order valence-electron chi connectivity index (χ1n) is 4.81. The summed E-state index contributed by atoms with van der Waals surface area (Å²) >= 11 is 0. The van der Waals surface area contributed by atoms with E-state index in [1.54, 1.807) is 0 Å². The molecule has 0 amide bonds. The molecule has 0 N–H and O–H groups in total. The molecule has 64 valence electrons. The first kappa shape index (κ1) is 8.76. The van der Waals surface area contributed by atoms with E-state index in [9.17, 15) is 0 Å². The molecule has 2 atom stereocenters. The minimum Gasteiger partial charge on any atom is -0.298 e. The highest BCUT2D eigenvalue weighted by Gasteiger charge is 2.19. The van der Waals surface area contributed by atoms with Crippen LogP contribution in [0.25, 0.3) is 0 Å². The van der Waals surface area contributed by atoms with Gasteiger partial charge in [0.2, 0.25) is 0 Å². The molecule has 0 aromatic carbocycles. The molecule has 0 aromatic rings. The Morgan fingerprint density at radius 3 is 2.82 bits per heavy atom. The lowest BCUT2D eigenvalue weighted by molar-refractivity contribution is 0.534. The predicted octanol–water partition coefficient (Wildman–Crippen LogP) is 2.90. The second-order valence-electron chi connectivity index (χ2n) is 3.70. The Morgan fingerprint density at radius 2 is 2.27 bits per heavy atom. The zero-order valence-electron chi connectivity index (χ0n) is 7.71. The van der Waals surface area contributed by atoms with Crippen molar-refractivity contribution in [1.82, 2.24) is 0 Å². The van der Waals surface area contributed by atoms with Gasteiger partial charge in [-0.25, -0.2) is 0 Å². The van der Waals surface area contributed by atoms with Gasteiger partial charge in [0, 0.05) is 6.54 Å². The van der Waals surface area contributed by atoms with Crippen molar-refractivity contribution in [2.75, 3.05) is 6.54 Å². The van der Waals surface area contributed by atoms with Crippen LogP contribution in [-0.4, -0.2) is 12.8 Å². The predicted molar refractivity (Wildman–Crippen MR) is 50.2 cm³/mol. The summed E-state index contributed by atoms with van der Waals surface area (Å²) in [4.78, 5) is 4.24. The van der Waals surface area contributed by atoms with Gasteiger partial charge in [-0.1, -0.05) is 13.3 Å². The van der Waals surface area contributed by atoms with E-state index >= 15 is 0 Å². The van der Waals surface area contributed by atoms with Crippen LogP contribution in [0, 0.1) is 11.8 Å². The van der Waals surface area contributed by atoms with E-state index in [1.165, 1.54) is 25.7 Å². The molecule has 1 rings (SSSR count). The van der Waals surface area contributed by atoms with Gasteiger partial charge in [0.15, 0.2) is 0 Å². The summed E-state index contributed by atoms with van der Waals surface area (Å²) in [5, 5.41) is 0. The van der Waals surface area contributed by atoms with E-state index in [-0.39, 0.29) is 0 Å². The first-order valence-corrected chi connectivity index (χ1v) is 4.81. The van der Waals surface area contributed by atoms with Gasteiger partial charge in [0.1, 0.15) is 0 Å². The molecule has 0 spiro atoms. The molecule has 1 nitrogen and oxygen atoms in total. The fourth-order valence-electron chi connectivity index (χ4n) is 1.89. The quantitative estimate of drug-likeness (QED) is 0.553. The van der Waals surface area contributed by atoms with Crippen molar-refractivity contribution >= 4 is 6.21 Å². The molecule has 1 aliphatic carbocycles. The third kappa shape index (κ3) is 3.04. The summed E-state index contributed by atoms with van der Waals surface area (Å²) in [7, 11) is 0. The summed E-state index contributed by atoms with van der Waals surface area (Å²) in [6.45, 7) is 5.40. The topological polar surface area (TPSA) is 12.4 Å². The summed E-state index contributed by atoms with van der Waals surface area (Å²) in [5.41, 5.74) is 0. The molecule has 0 radical (unpaired) electrons. The van der Waals surface area contributed by atoms with Gasteiger partial charge in [-0.2, -0.15) is 0 Å². The van der Waals surface area contributed by atoms with Crippen LogP contribution in [-0.2, 0) is 0 Å². The molecular formula is C10H19N. The van der Waals surface area contributed by atoms with Crippen LogP contribution in [0.3, 0.4) is 0 Å². The third-order valence-electron chi connectivity index (χ3n) is 2.55. The largest absolute Gasteiger partial charge is 0.298 e. The van der Waals surface area contributed by atoms with Crippen LogP contribution < -0.4 is 0 Å². The van der Waals surface area contributed by atoms with Crippen LogP contribution in [0.15, 0.2) is 4.99 Å². The van der Waals surface area contributed by atoms with Gasteiger partial charge < -0.3 is 0 Å². The average molecular weight is 153 g/mol. The van der Waals surface area contributed by atoms with Crippen molar-refractivity contribution < 1.29 is 0 Å². The van der Waals surface area contributed by atoms with E-state index in [2.05, 4.69) is 25.1 Å². The Balaban J connectivity index is 2.13. The SMILES string of the molecule is CCN=CCC1CCC(C)C1. The maximum atomic E-state index is 4.24. The van der Waals surface area contributed by atoms with Gasteiger partial charge in [-0.3, -0.25) is 4.99 Å². The zero-order valence-corrected chi connectivity index (χ0v) is 7.71. The maximum Gasteiger partial charge on any atom is 0.0357 e. The van der Waals surface area contributed by atoms with E-state index in [0.717, 1.165) is 18.4 Å². The van der Waals surface area contributed by atoms with Gasteiger partial charge >= 0.3 is 0 Å². The first-order chi connectivity index (χ1) is 5.33. The second-order valence-corrected chi connectivity index (χ2v) is 3.70. The highest BCUT2D eigenvalue weighted by atomic mass is 14.7. The molecular weight excluding hydrogens is 134 g/mol. The van der Waals surface area contributed by atoms with Gasteiger partial charge in [-0.05, 0) is 44.2 Å². The van der Waals surface area contributed by atoms with E-state index in [4.69, 9.17) is 0 Å². The summed E-state index contributed by atoms with van der Waals surface area (Å²) in [6.07, 6.45) is 7.62. The summed E-state index contributed by atoms with van der Waals surface area (Å²) < 4.78 is 0. The molecule has 0 aliphatic heterocycles. The molecule has 1 heteroatoms. The standard InChI is InChI=1S/C10H19N/c1-3-11-7-6-10-5-4-9(2)8-10/h7,9-10H,3-6,8H2,1-2H3. The Kier molecular flexibility index (Phi) is 3.61. The van der Waals surface area contributed by atoms with Crippen LogP contribution >= 0.6 is 0 Å². The lowest BCUT2D eigenvalue weighted by Crippen LogP contribution is -1.95. The molecule has 0 heterocycles.